The Morgan fingerprint density at radius 2 is 1.94 bits per heavy atom. The van der Waals surface area contributed by atoms with Gasteiger partial charge in [0.1, 0.15) is 17.3 Å². The van der Waals surface area contributed by atoms with E-state index < -0.39 is 5.63 Å². The lowest BCUT2D eigenvalue weighted by atomic mass is 10.1. The van der Waals surface area contributed by atoms with Gasteiger partial charge in [0.25, 0.3) is 0 Å². The number of benzene rings is 1. The summed E-state index contributed by atoms with van der Waals surface area (Å²) in [6.07, 6.45) is 1.60. The molecule has 0 aliphatic carbocycles. The van der Waals surface area contributed by atoms with Crippen LogP contribution in [-0.4, -0.2) is 0 Å². The molecule has 0 saturated heterocycles. The first-order chi connectivity index (χ1) is 8.61. The van der Waals surface area contributed by atoms with Crippen LogP contribution in [0.15, 0.2) is 39.5 Å². The Hall–Kier alpha value is -2.10. The van der Waals surface area contributed by atoms with Gasteiger partial charge in [-0.1, -0.05) is 13.3 Å². The molecule has 0 spiro atoms. The van der Waals surface area contributed by atoms with E-state index >= 15 is 0 Å². The SMILES string of the molecule is CCCc1cc(-c2ccc(F)cc2)oc(=O)c1N. The smallest absolute Gasteiger partial charge is 0.359 e. The van der Waals surface area contributed by atoms with E-state index in [1.54, 1.807) is 18.2 Å². The molecule has 2 aromatic rings. The van der Waals surface area contributed by atoms with Gasteiger partial charge in [0.2, 0.25) is 0 Å². The molecule has 0 unspecified atom stereocenters. The van der Waals surface area contributed by atoms with Crippen LogP contribution in [0.25, 0.3) is 11.3 Å². The van der Waals surface area contributed by atoms with E-state index in [1.807, 2.05) is 6.92 Å². The molecule has 0 atom stereocenters. The largest absolute Gasteiger partial charge is 0.421 e. The van der Waals surface area contributed by atoms with Crippen LogP contribution in [0.3, 0.4) is 0 Å². The molecule has 1 aromatic heterocycles. The molecule has 2 rings (SSSR count). The second-order valence-corrected chi connectivity index (χ2v) is 4.09. The third kappa shape index (κ3) is 2.42. The molecule has 0 saturated carbocycles. The maximum atomic E-state index is 12.8. The van der Waals surface area contributed by atoms with Crippen molar-refractivity contribution in [1.29, 1.82) is 0 Å². The quantitative estimate of drug-likeness (QED) is 0.907. The Balaban J connectivity index is 2.51. The van der Waals surface area contributed by atoms with Gasteiger partial charge < -0.3 is 10.2 Å². The van der Waals surface area contributed by atoms with Gasteiger partial charge in [-0.3, -0.25) is 0 Å². The zero-order valence-electron chi connectivity index (χ0n) is 10.1. The highest BCUT2D eigenvalue weighted by molar-refractivity contribution is 5.60. The zero-order valence-corrected chi connectivity index (χ0v) is 10.1. The van der Waals surface area contributed by atoms with Gasteiger partial charge >= 0.3 is 5.63 Å². The van der Waals surface area contributed by atoms with E-state index in [9.17, 15) is 9.18 Å². The minimum atomic E-state index is -0.541. The molecule has 0 aliphatic rings. The van der Waals surface area contributed by atoms with Gasteiger partial charge in [-0.2, -0.15) is 0 Å². The first-order valence-electron chi connectivity index (χ1n) is 5.80. The number of anilines is 1. The summed E-state index contributed by atoms with van der Waals surface area (Å²) in [5.74, 6) is 0.0861. The van der Waals surface area contributed by atoms with Crippen LogP contribution < -0.4 is 11.4 Å². The Morgan fingerprint density at radius 3 is 2.56 bits per heavy atom. The molecule has 0 radical (unpaired) electrons. The summed E-state index contributed by atoms with van der Waals surface area (Å²) in [6.45, 7) is 2.01. The van der Waals surface area contributed by atoms with E-state index in [0.29, 0.717) is 17.7 Å². The van der Waals surface area contributed by atoms with Gasteiger partial charge in [0.05, 0.1) is 0 Å². The van der Waals surface area contributed by atoms with E-state index in [-0.39, 0.29) is 11.5 Å². The van der Waals surface area contributed by atoms with Crippen molar-refractivity contribution in [2.45, 2.75) is 19.8 Å². The van der Waals surface area contributed by atoms with Crippen molar-refractivity contribution in [2.24, 2.45) is 0 Å². The Kier molecular flexibility index (Phi) is 3.46. The number of aryl methyl sites for hydroxylation is 1. The monoisotopic (exact) mass is 247 g/mol. The predicted molar refractivity (Wildman–Crippen MR) is 68.8 cm³/mol. The lowest BCUT2D eigenvalue weighted by molar-refractivity contribution is 0.526. The molecule has 0 fully saturated rings. The maximum absolute atomic E-state index is 12.8. The highest BCUT2D eigenvalue weighted by Gasteiger charge is 2.09. The van der Waals surface area contributed by atoms with E-state index in [1.165, 1.54) is 12.1 Å². The number of halogens is 1. The summed E-state index contributed by atoms with van der Waals surface area (Å²) >= 11 is 0. The molecule has 94 valence electrons. The molecule has 0 bridgehead atoms. The Morgan fingerprint density at radius 1 is 1.28 bits per heavy atom. The summed E-state index contributed by atoms with van der Waals surface area (Å²) in [6, 6.07) is 7.53. The number of hydrogen-bond acceptors (Lipinski definition) is 3. The average molecular weight is 247 g/mol. The van der Waals surface area contributed by atoms with Gasteiger partial charge in [0, 0.05) is 5.56 Å². The topological polar surface area (TPSA) is 56.2 Å². The van der Waals surface area contributed by atoms with Crippen LogP contribution in [0.1, 0.15) is 18.9 Å². The molecule has 2 N–H and O–H groups in total. The molecular weight excluding hydrogens is 233 g/mol. The summed E-state index contributed by atoms with van der Waals surface area (Å²) < 4.78 is 18.0. The van der Waals surface area contributed by atoms with E-state index in [4.69, 9.17) is 10.2 Å². The fraction of sp³-hybridized carbons (Fsp3) is 0.214. The molecule has 4 heteroatoms. The zero-order chi connectivity index (χ0) is 13.1. The number of hydrogen-bond donors (Lipinski definition) is 1. The van der Waals surface area contributed by atoms with E-state index in [0.717, 1.165) is 12.0 Å². The third-order valence-corrected chi connectivity index (χ3v) is 2.72. The van der Waals surface area contributed by atoms with Gasteiger partial charge in [-0.05, 0) is 42.3 Å². The minimum Gasteiger partial charge on any atom is -0.421 e. The summed E-state index contributed by atoms with van der Waals surface area (Å²) in [5, 5.41) is 0. The number of nitrogen functional groups attached to an aromatic ring is 1. The van der Waals surface area contributed by atoms with E-state index in [2.05, 4.69) is 0 Å². The highest BCUT2D eigenvalue weighted by atomic mass is 19.1. The first kappa shape index (κ1) is 12.4. The van der Waals surface area contributed by atoms with Crippen molar-refractivity contribution >= 4 is 5.69 Å². The van der Waals surface area contributed by atoms with Crippen molar-refractivity contribution in [3.8, 4) is 11.3 Å². The number of nitrogens with two attached hydrogens (primary N) is 1. The Bertz CT molecular complexity index is 602. The average Bonchev–Trinajstić information content (AvgIpc) is 2.36. The fourth-order valence-corrected chi connectivity index (χ4v) is 1.78. The lowest BCUT2D eigenvalue weighted by Gasteiger charge is -2.06. The predicted octanol–water partition coefficient (Wildman–Crippen LogP) is 2.98. The first-order valence-corrected chi connectivity index (χ1v) is 5.80. The van der Waals surface area contributed by atoms with Gasteiger partial charge in [-0.15, -0.1) is 0 Å². The molecular formula is C14H14FNO2. The maximum Gasteiger partial charge on any atom is 0.359 e. The van der Waals surface area contributed by atoms with Crippen LogP contribution in [0.4, 0.5) is 10.1 Å². The molecule has 1 aromatic carbocycles. The molecule has 1 heterocycles. The Labute approximate surface area is 104 Å². The van der Waals surface area contributed by atoms with Crippen molar-refractivity contribution in [3.63, 3.8) is 0 Å². The van der Waals surface area contributed by atoms with Crippen LogP contribution in [0, 0.1) is 5.82 Å². The third-order valence-electron chi connectivity index (χ3n) is 2.72. The molecule has 3 nitrogen and oxygen atoms in total. The van der Waals surface area contributed by atoms with Crippen LogP contribution >= 0.6 is 0 Å². The highest BCUT2D eigenvalue weighted by Crippen LogP contribution is 2.22. The van der Waals surface area contributed by atoms with Crippen LogP contribution in [0.5, 0.6) is 0 Å². The normalized spacial score (nSPS) is 10.6. The summed E-state index contributed by atoms with van der Waals surface area (Å²) in [5.41, 5.74) is 6.72. The molecule has 0 aliphatic heterocycles. The second-order valence-electron chi connectivity index (χ2n) is 4.09. The minimum absolute atomic E-state index is 0.155. The van der Waals surface area contributed by atoms with Crippen molar-refractivity contribution < 1.29 is 8.81 Å². The summed E-state index contributed by atoms with van der Waals surface area (Å²) in [7, 11) is 0. The van der Waals surface area contributed by atoms with Crippen molar-refractivity contribution in [1.82, 2.24) is 0 Å². The molecule has 18 heavy (non-hydrogen) atoms. The standard InChI is InChI=1S/C14H14FNO2/c1-2-3-10-8-12(18-14(17)13(10)16)9-4-6-11(15)7-5-9/h4-8H,2-3,16H2,1H3. The van der Waals surface area contributed by atoms with Crippen molar-refractivity contribution in [2.75, 3.05) is 5.73 Å². The fourth-order valence-electron chi connectivity index (χ4n) is 1.78. The van der Waals surface area contributed by atoms with Gasteiger partial charge in [-0.25, -0.2) is 9.18 Å². The lowest BCUT2D eigenvalue weighted by Crippen LogP contribution is -2.10. The van der Waals surface area contributed by atoms with Crippen LogP contribution in [0.2, 0.25) is 0 Å². The second kappa shape index (κ2) is 5.04. The molecule has 0 amide bonds. The summed E-state index contributed by atoms with van der Waals surface area (Å²) in [4.78, 5) is 11.6. The van der Waals surface area contributed by atoms with Crippen molar-refractivity contribution in [3.05, 3.63) is 52.1 Å². The number of rotatable bonds is 3. The van der Waals surface area contributed by atoms with Crippen LogP contribution in [-0.2, 0) is 6.42 Å². The van der Waals surface area contributed by atoms with Gasteiger partial charge in [0.15, 0.2) is 0 Å².